The Balaban J connectivity index is 1.34. The molecule has 2 heterocycles. The maximum Gasteiger partial charge on any atom is 0.300 e. The van der Waals surface area contributed by atoms with Crippen LogP contribution in [-0.4, -0.2) is 31.6 Å². The van der Waals surface area contributed by atoms with Crippen molar-refractivity contribution in [1.29, 1.82) is 0 Å². The first-order valence-electron chi connectivity index (χ1n) is 11.5. The van der Waals surface area contributed by atoms with Crippen molar-refractivity contribution in [1.82, 2.24) is 24.5 Å². The van der Waals surface area contributed by atoms with Crippen LogP contribution in [0.2, 0.25) is 0 Å². The van der Waals surface area contributed by atoms with Crippen molar-refractivity contribution in [2.24, 2.45) is 0 Å². The van der Waals surface area contributed by atoms with E-state index in [1.165, 1.54) is 36.8 Å². The lowest BCUT2D eigenvalue weighted by atomic mass is 9.97. The van der Waals surface area contributed by atoms with E-state index in [1.54, 1.807) is 15.2 Å². The summed E-state index contributed by atoms with van der Waals surface area (Å²) in [6, 6.07) is 5.93. The first kappa shape index (κ1) is 22.0. The Morgan fingerprint density at radius 2 is 1.97 bits per heavy atom. The third-order valence-corrected chi connectivity index (χ3v) is 6.27. The number of benzene rings is 1. The van der Waals surface area contributed by atoms with Gasteiger partial charge in [0.05, 0.1) is 0 Å². The van der Waals surface area contributed by atoms with Crippen LogP contribution >= 0.6 is 0 Å². The molecule has 0 unspecified atom stereocenters. The Labute approximate surface area is 188 Å². The molecule has 1 aromatic carbocycles. The van der Waals surface area contributed by atoms with Crippen LogP contribution < -0.4 is 10.9 Å². The maximum atomic E-state index is 12.9. The topological polar surface area (TPSA) is 81.3 Å². The molecule has 0 aliphatic heterocycles. The number of hydrogen-bond donors (Lipinski definition) is 1. The lowest BCUT2D eigenvalue weighted by Gasteiger charge is -2.12. The minimum Gasteiger partial charge on any atom is -0.356 e. The summed E-state index contributed by atoms with van der Waals surface area (Å²) in [7, 11) is 0. The largest absolute Gasteiger partial charge is 0.356 e. The third kappa shape index (κ3) is 4.98. The van der Waals surface area contributed by atoms with E-state index in [0.717, 1.165) is 17.7 Å². The zero-order valence-corrected chi connectivity index (χ0v) is 18.9. The van der Waals surface area contributed by atoms with Gasteiger partial charge < -0.3 is 5.32 Å². The average Bonchev–Trinajstić information content (AvgIpc) is 3.21. The lowest BCUT2D eigenvalue weighted by Crippen LogP contribution is -2.24. The third-order valence-electron chi connectivity index (χ3n) is 6.27. The summed E-state index contributed by atoms with van der Waals surface area (Å²) < 4.78 is 3.32. The Kier molecular flexibility index (Phi) is 6.83. The van der Waals surface area contributed by atoms with Gasteiger partial charge in [0.2, 0.25) is 11.6 Å². The average molecular weight is 434 g/mol. The van der Waals surface area contributed by atoms with Gasteiger partial charge in [0, 0.05) is 37.5 Å². The highest BCUT2D eigenvalue weighted by Crippen LogP contribution is 2.19. The number of rotatable bonds is 8. The second-order valence-corrected chi connectivity index (χ2v) is 8.61. The summed E-state index contributed by atoms with van der Waals surface area (Å²) in [4.78, 5) is 25.1. The predicted molar refractivity (Wildman–Crippen MR) is 125 cm³/mol. The van der Waals surface area contributed by atoms with Gasteiger partial charge in [-0.2, -0.15) is 0 Å². The Hall–Kier alpha value is -3.22. The molecule has 4 rings (SSSR count). The summed E-state index contributed by atoms with van der Waals surface area (Å²) in [6.07, 6.45) is 13.4. The van der Waals surface area contributed by atoms with Gasteiger partial charge in [0.1, 0.15) is 5.82 Å². The second-order valence-electron chi connectivity index (χ2n) is 8.61. The first-order chi connectivity index (χ1) is 15.5. The van der Waals surface area contributed by atoms with Crippen molar-refractivity contribution in [3.8, 4) is 5.69 Å². The normalized spacial score (nSPS) is 13.9. The van der Waals surface area contributed by atoms with Crippen LogP contribution in [0.3, 0.4) is 0 Å². The first-order valence-corrected chi connectivity index (χ1v) is 11.5. The van der Waals surface area contributed by atoms with Crippen molar-refractivity contribution in [2.75, 3.05) is 6.54 Å². The minimum absolute atomic E-state index is 0.0623. The van der Waals surface area contributed by atoms with Crippen molar-refractivity contribution in [2.45, 2.75) is 65.2 Å². The van der Waals surface area contributed by atoms with E-state index in [9.17, 15) is 9.59 Å². The van der Waals surface area contributed by atoms with Crippen molar-refractivity contribution in [3.63, 3.8) is 0 Å². The molecule has 0 saturated heterocycles. The summed E-state index contributed by atoms with van der Waals surface area (Å²) in [6.45, 7) is 4.78. The van der Waals surface area contributed by atoms with E-state index in [0.29, 0.717) is 37.3 Å². The summed E-state index contributed by atoms with van der Waals surface area (Å²) in [5.74, 6) is 0.761. The molecule has 168 valence electrons. The van der Waals surface area contributed by atoms with E-state index in [1.807, 2.05) is 38.2 Å². The standard InChI is InChI=1S/C25H31N5O2/c1-18-11-12-21(17-19(18)2)29-15-16-30-22(27-28-24(30)25(29)32)9-6-10-23(31)26-14-13-20-7-4-3-5-8-20/h7,11-12,15-17H,3-6,8-10,13-14H2,1-2H3,(H,26,31). The molecule has 0 spiro atoms. The number of nitrogens with one attached hydrogen (secondary N) is 1. The molecule has 7 heteroatoms. The Bertz CT molecular complexity index is 1200. The molecular weight excluding hydrogens is 402 g/mol. The predicted octanol–water partition coefficient (Wildman–Crippen LogP) is 3.83. The minimum atomic E-state index is -0.204. The summed E-state index contributed by atoms with van der Waals surface area (Å²) in [5, 5.41) is 11.3. The fourth-order valence-corrected chi connectivity index (χ4v) is 4.17. The van der Waals surface area contributed by atoms with Crippen LogP contribution in [0.4, 0.5) is 0 Å². The molecule has 32 heavy (non-hydrogen) atoms. The van der Waals surface area contributed by atoms with E-state index in [-0.39, 0.29) is 11.5 Å². The van der Waals surface area contributed by atoms with Crippen LogP contribution in [0, 0.1) is 13.8 Å². The van der Waals surface area contributed by atoms with E-state index in [2.05, 4.69) is 21.6 Å². The van der Waals surface area contributed by atoms with Crippen LogP contribution in [0.1, 0.15) is 61.9 Å². The van der Waals surface area contributed by atoms with Crippen LogP contribution in [0.15, 0.2) is 47.0 Å². The van der Waals surface area contributed by atoms with Crippen molar-refractivity contribution >= 4 is 11.6 Å². The molecule has 1 amide bonds. The summed E-state index contributed by atoms with van der Waals surface area (Å²) >= 11 is 0. The second kappa shape index (κ2) is 9.94. The Morgan fingerprint density at radius 3 is 2.75 bits per heavy atom. The number of carbonyl (C=O) groups excluding carboxylic acids is 1. The van der Waals surface area contributed by atoms with E-state index < -0.39 is 0 Å². The molecule has 0 bridgehead atoms. The van der Waals surface area contributed by atoms with Gasteiger partial charge in [0.25, 0.3) is 0 Å². The number of hydrogen-bond acceptors (Lipinski definition) is 4. The SMILES string of the molecule is Cc1ccc(-n2ccn3c(CCCC(=O)NCCC4=CCCCC4)nnc3c2=O)cc1C. The van der Waals surface area contributed by atoms with Crippen molar-refractivity contribution < 1.29 is 4.79 Å². The van der Waals surface area contributed by atoms with E-state index in [4.69, 9.17) is 0 Å². The lowest BCUT2D eigenvalue weighted by molar-refractivity contribution is -0.121. The molecule has 7 nitrogen and oxygen atoms in total. The van der Waals surface area contributed by atoms with E-state index >= 15 is 0 Å². The smallest absolute Gasteiger partial charge is 0.300 e. The molecule has 3 aromatic rings. The van der Waals surface area contributed by atoms with Crippen LogP contribution in [0.25, 0.3) is 11.3 Å². The fraction of sp³-hybridized carbons (Fsp3) is 0.440. The van der Waals surface area contributed by atoms with Gasteiger partial charge in [-0.1, -0.05) is 17.7 Å². The molecule has 0 radical (unpaired) electrons. The summed E-state index contributed by atoms with van der Waals surface area (Å²) in [5.41, 5.74) is 4.69. The van der Waals surface area contributed by atoms with Gasteiger partial charge in [-0.25, -0.2) is 0 Å². The number of carbonyl (C=O) groups is 1. The molecule has 0 atom stereocenters. The molecule has 0 fully saturated rings. The van der Waals surface area contributed by atoms with Crippen molar-refractivity contribution in [3.05, 3.63) is 69.5 Å². The van der Waals surface area contributed by atoms with Gasteiger partial charge >= 0.3 is 5.56 Å². The molecule has 0 saturated carbocycles. The Morgan fingerprint density at radius 1 is 1.09 bits per heavy atom. The van der Waals surface area contributed by atoms with Crippen LogP contribution in [-0.2, 0) is 11.2 Å². The molecule has 1 aliphatic rings. The molecular formula is C25H31N5O2. The molecule has 1 aliphatic carbocycles. The van der Waals surface area contributed by atoms with Gasteiger partial charge in [-0.3, -0.25) is 18.6 Å². The van der Waals surface area contributed by atoms with Gasteiger partial charge in [-0.15, -0.1) is 10.2 Å². The number of amides is 1. The van der Waals surface area contributed by atoms with Crippen LogP contribution in [0.5, 0.6) is 0 Å². The highest BCUT2D eigenvalue weighted by molar-refractivity contribution is 5.75. The number of aromatic nitrogens is 4. The zero-order chi connectivity index (χ0) is 22.5. The fourth-order valence-electron chi connectivity index (χ4n) is 4.17. The number of allylic oxidation sites excluding steroid dienone is 1. The highest BCUT2D eigenvalue weighted by atomic mass is 16.1. The molecule has 2 aromatic heterocycles. The van der Waals surface area contributed by atoms with Gasteiger partial charge in [-0.05, 0) is 75.6 Å². The maximum absolute atomic E-state index is 12.9. The monoisotopic (exact) mass is 433 g/mol. The quantitative estimate of drug-likeness (QED) is 0.548. The number of fused-ring (bicyclic) bond motifs is 1. The highest BCUT2D eigenvalue weighted by Gasteiger charge is 2.13. The number of nitrogens with zero attached hydrogens (tertiary/aromatic N) is 4. The number of aryl methyl sites for hydroxylation is 3. The van der Waals surface area contributed by atoms with Gasteiger partial charge in [0.15, 0.2) is 0 Å². The molecule has 1 N–H and O–H groups in total. The zero-order valence-electron chi connectivity index (χ0n) is 18.9.